The summed E-state index contributed by atoms with van der Waals surface area (Å²) >= 11 is 9.58. The molecule has 0 atom stereocenters. The lowest BCUT2D eigenvalue weighted by Crippen LogP contribution is -2.14. The zero-order chi connectivity index (χ0) is 14.8. The van der Waals surface area contributed by atoms with Gasteiger partial charge in [0, 0.05) is 34.6 Å². The molecular formula is C16H14BrClFNO. The van der Waals surface area contributed by atoms with Gasteiger partial charge < -0.3 is 10.1 Å². The highest BCUT2D eigenvalue weighted by Crippen LogP contribution is 2.33. The zero-order valence-electron chi connectivity index (χ0n) is 11.3. The van der Waals surface area contributed by atoms with E-state index in [1.807, 2.05) is 6.07 Å². The fourth-order valence-electron chi connectivity index (χ4n) is 2.49. The molecule has 0 aromatic heterocycles. The monoisotopic (exact) mass is 369 g/mol. The molecule has 0 saturated carbocycles. The topological polar surface area (TPSA) is 21.3 Å². The predicted molar refractivity (Wildman–Crippen MR) is 85.3 cm³/mol. The van der Waals surface area contributed by atoms with Crippen molar-refractivity contribution in [2.24, 2.45) is 0 Å². The molecule has 5 heteroatoms. The van der Waals surface area contributed by atoms with Gasteiger partial charge >= 0.3 is 0 Å². The fourth-order valence-corrected chi connectivity index (χ4v) is 3.22. The first-order valence-electron chi connectivity index (χ1n) is 6.72. The lowest BCUT2D eigenvalue weighted by molar-refractivity contribution is 0.352. The zero-order valence-corrected chi connectivity index (χ0v) is 13.6. The SMILES string of the molecule is Fc1ccc(Cl)c(CNCc2cc(Br)cc3c2OCC3)c1. The summed E-state index contributed by atoms with van der Waals surface area (Å²) in [5, 5.41) is 3.86. The van der Waals surface area contributed by atoms with E-state index in [1.165, 1.54) is 17.7 Å². The second kappa shape index (κ2) is 6.34. The molecule has 1 aliphatic rings. The van der Waals surface area contributed by atoms with Gasteiger partial charge in [-0.1, -0.05) is 27.5 Å². The molecule has 110 valence electrons. The average molecular weight is 371 g/mol. The van der Waals surface area contributed by atoms with Gasteiger partial charge in [-0.05, 0) is 41.5 Å². The lowest BCUT2D eigenvalue weighted by atomic mass is 10.1. The lowest BCUT2D eigenvalue weighted by Gasteiger charge is -2.11. The van der Waals surface area contributed by atoms with Crippen LogP contribution in [0.5, 0.6) is 5.75 Å². The maximum absolute atomic E-state index is 13.2. The van der Waals surface area contributed by atoms with Gasteiger partial charge in [0.1, 0.15) is 11.6 Å². The van der Waals surface area contributed by atoms with E-state index in [2.05, 4.69) is 27.3 Å². The summed E-state index contributed by atoms with van der Waals surface area (Å²) < 4.78 is 19.9. The van der Waals surface area contributed by atoms with Crippen LogP contribution in [0.25, 0.3) is 0 Å². The molecule has 21 heavy (non-hydrogen) atoms. The van der Waals surface area contributed by atoms with Crippen LogP contribution in [-0.4, -0.2) is 6.61 Å². The number of hydrogen-bond donors (Lipinski definition) is 1. The Morgan fingerprint density at radius 1 is 1.19 bits per heavy atom. The minimum Gasteiger partial charge on any atom is -0.493 e. The predicted octanol–water partition coefficient (Wildman–Crippen LogP) is 4.47. The van der Waals surface area contributed by atoms with E-state index in [1.54, 1.807) is 6.07 Å². The average Bonchev–Trinajstić information content (AvgIpc) is 2.90. The van der Waals surface area contributed by atoms with Crippen LogP contribution in [0, 0.1) is 5.82 Å². The molecule has 2 aromatic carbocycles. The molecule has 0 saturated heterocycles. The van der Waals surface area contributed by atoms with E-state index < -0.39 is 0 Å². The highest BCUT2D eigenvalue weighted by Gasteiger charge is 2.17. The quantitative estimate of drug-likeness (QED) is 0.857. The van der Waals surface area contributed by atoms with Crippen molar-refractivity contribution in [3.05, 3.63) is 62.3 Å². The largest absolute Gasteiger partial charge is 0.493 e. The van der Waals surface area contributed by atoms with E-state index >= 15 is 0 Å². The van der Waals surface area contributed by atoms with Crippen LogP contribution >= 0.6 is 27.5 Å². The third-order valence-electron chi connectivity index (χ3n) is 3.46. The summed E-state index contributed by atoms with van der Waals surface area (Å²) in [6.07, 6.45) is 0.942. The third-order valence-corrected chi connectivity index (χ3v) is 4.29. The normalized spacial score (nSPS) is 13.1. The maximum Gasteiger partial charge on any atom is 0.127 e. The molecule has 2 aromatic rings. The second-order valence-electron chi connectivity index (χ2n) is 4.99. The van der Waals surface area contributed by atoms with Crippen molar-refractivity contribution in [2.75, 3.05) is 6.61 Å². The first-order chi connectivity index (χ1) is 10.1. The molecule has 1 N–H and O–H groups in total. The molecule has 1 aliphatic heterocycles. The smallest absolute Gasteiger partial charge is 0.127 e. The summed E-state index contributed by atoms with van der Waals surface area (Å²) in [6, 6.07) is 8.53. The van der Waals surface area contributed by atoms with Gasteiger partial charge in [-0.25, -0.2) is 4.39 Å². The Morgan fingerprint density at radius 2 is 2.00 bits per heavy atom. The van der Waals surface area contributed by atoms with E-state index in [9.17, 15) is 4.39 Å². The minimum atomic E-state index is -0.275. The van der Waals surface area contributed by atoms with Crippen LogP contribution in [0.1, 0.15) is 16.7 Å². The highest BCUT2D eigenvalue weighted by molar-refractivity contribution is 9.10. The number of rotatable bonds is 4. The Labute approximate surface area is 136 Å². The minimum absolute atomic E-state index is 0.275. The van der Waals surface area contributed by atoms with Crippen LogP contribution in [-0.2, 0) is 19.5 Å². The Balaban J connectivity index is 1.70. The molecule has 0 radical (unpaired) electrons. The van der Waals surface area contributed by atoms with Crippen molar-refractivity contribution in [3.63, 3.8) is 0 Å². The highest BCUT2D eigenvalue weighted by atomic mass is 79.9. The molecule has 0 unspecified atom stereocenters. The van der Waals surface area contributed by atoms with E-state index in [4.69, 9.17) is 16.3 Å². The fraction of sp³-hybridized carbons (Fsp3) is 0.250. The van der Waals surface area contributed by atoms with Crippen LogP contribution in [0.2, 0.25) is 5.02 Å². The van der Waals surface area contributed by atoms with Gasteiger partial charge in [0.15, 0.2) is 0 Å². The van der Waals surface area contributed by atoms with Crippen molar-refractivity contribution < 1.29 is 9.13 Å². The maximum atomic E-state index is 13.2. The van der Waals surface area contributed by atoms with Crippen LogP contribution in [0.3, 0.4) is 0 Å². The van der Waals surface area contributed by atoms with E-state index in [0.29, 0.717) is 18.1 Å². The number of halogens is 3. The van der Waals surface area contributed by atoms with Crippen molar-refractivity contribution in [1.82, 2.24) is 5.32 Å². The Morgan fingerprint density at radius 3 is 2.86 bits per heavy atom. The van der Waals surface area contributed by atoms with Crippen LogP contribution in [0.4, 0.5) is 4.39 Å². The van der Waals surface area contributed by atoms with Crippen molar-refractivity contribution in [1.29, 1.82) is 0 Å². The van der Waals surface area contributed by atoms with E-state index in [-0.39, 0.29) is 5.82 Å². The molecule has 0 bridgehead atoms. The van der Waals surface area contributed by atoms with Crippen molar-refractivity contribution >= 4 is 27.5 Å². The number of benzene rings is 2. The van der Waals surface area contributed by atoms with Crippen molar-refractivity contribution in [3.8, 4) is 5.75 Å². The molecule has 2 nitrogen and oxygen atoms in total. The van der Waals surface area contributed by atoms with Gasteiger partial charge in [0.2, 0.25) is 0 Å². The van der Waals surface area contributed by atoms with Gasteiger partial charge in [0.25, 0.3) is 0 Å². The Kier molecular flexibility index (Phi) is 4.48. The summed E-state index contributed by atoms with van der Waals surface area (Å²) in [6.45, 7) is 1.89. The van der Waals surface area contributed by atoms with E-state index in [0.717, 1.165) is 34.4 Å². The third kappa shape index (κ3) is 3.39. The summed E-state index contributed by atoms with van der Waals surface area (Å²) in [7, 11) is 0. The molecule has 1 heterocycles. The number of fused-ring (bicyclic) bond motifs is 1. The van der Waals surface area contributed by atoms with Gasteiger partial charge in [-0.3, -0.25) is 0 Å². The molecule has 0 spiro atoms. The first-order valence-corrected chi connectivity index (χ1v) is 7.89. The number of ether oxygens (including phenoxy) is 1. The van der Waals surface area contributed by atoms with Gasteiger partial charge in [-0.2, -0.15) is 0 Å². The van der Waals surface area contributed by atoms with Crippen LogP contribution in [0.15, 0.2) is 34.8 Å². The molecule has 0 aliphatic carbocycles. The number of hydrogen-bond acceptors (Lipinski definition) is 2. The summed E-state index contributed by atoms with van der Waals surface area (Å²) in [5.74, 6) is 0.693. The molecule has 3 rings (SSSR count). The summed E-state index contributed by atoms with van der Waals surface area (Å²) in [5.41, 5.74) is 3.08. The number of nitrogens with one attached hydrogen (secondary N) is 1. The molecule has 0 amide bonds. The van der Waals surface area contributed by atoms with Gasteiger partial charge in [-0.15, -0.1) is 0 Å². The molecule has 0 fully saturated rings. The van der Waals surface area contributed by atoms with Crippen molar-refractivity contribution in [2.45, 2.75) is 19.5 Å². The Hall–Kier alpha value is -1.10. The van der Waals surface area contributed by atoms with Gasteiger partial charge in [0.05, 0.1) is 6.61 Å². The second-order valence-corrected chi connectivity index (χ2v) is 6.31. The Bertz CT molecular complexity index is 678. The first kappa shape index (κ1) is 14.8. The summed E-state index contributed by atoms with van der Waals surface area (Å²) in [4.78, 5) is 0. The molecular weight excluding hydrogens is 357 g/mol. The van der Waals surface area contributed by atoms with Crippen LogP contribution < -0.4 is 10.1 Å². The standard InChI is InChI=1S/C16H14BrClFNO/c17-13-5-10-3-4-21-16(10)12(6-13)9-20-8-11-7-14(19)1-2-15(11)18/h1-2,5-7,20H,3-4,8-9H2.